The molecule has 0 aliphatic carbocycles. The zero-order valence-electron chi connectivity index (χ0n) is 9.99. The Hall–Kier alpha value is -0.120. The topological polar surface area (TPSA) is 15.7 Å². The molecule has 0 aromatic carbocycles. The molecule has 0 aromatic heterocycles. The Kier molecular flexibility index (Phi) is 4.85. The van der Waals surface area contributed by atoms with Crippen LogP contribution in [-0.4, -0.2) is 62.3 Å². The molecule has 1 saturated heterocycles. The SMILES string of the molecule is CC(C)N1CCOC[C@@H]1CCN(C)C. The summed E-state index contributed by atoms with van der Waals surface area (Å²) >= 11 is 0. The highest BCUT2D eigenvalue weighted by Gasteiger charge is 2.24. The van der Waals surface area contributed by atoms with E-state index in [9.17, 15) is 0 Å². The Morgan fingerprint density at radius 1 is 1.43 bits per heavy atom. The second-order valence-electron chi connectivity index (χ2n) is 4.65. The van der Waals surface area contributed by atoms with Gasteiger partial charge in [-0.15, -0.1) is 0 Å². The first-order valence-electron chi connectivity index (χ1n) is 5.59. The van der Waals surface area contributed by atoms with Gasteiger partial charge >= 0.3 is 0 Å². The standard InChI is InChI=1S/C11H24N2O/c1-10(2)13-7-8-14-9-11(13)5-6-12(3)4/h10-11H,5-9H2,1-4H3/t11-/m0/s1. The monoisotopic (exact) mass is 200 g/mol. The van der Waals surface area contributed by atoms with Gasteiger partial charge in [-0.2, -0.15) is 0 Å². The van der Waals surface area contributed by atoms with Crippen molar-refractivity contribution in [1.29, 1.82) is 0 Å². The van der Waals surface area contributed by atoms with Crippen molar-refractivity contribution in [3.8, 4) is 0 Å². The first kappa shape index (κ1) is 12.0. The molecule has 0 radical (unpaired) electrons. The van der Waals surface area contributed by atoms with Crippen molar-refractivity contribution in [2.24, 2.45) is 0 Å². The zero-order valence-corrected chi connectivity index (χ0v) is 9.99. The van der Waals surface area contributed by atoms with Crippen molar-refractivity contribution >= 4 is 0 Å². The van der Waals surface area contributed by atoms with Crippen molar-refractivity contribution in [1.82, 2.24) is 9.80 Å². The van der Waals surface area contributed by atoms with E-state index in [4.69, 9.17) is 4.74 Å². The number of morpholine rings is 1. The van der Waals surface area contributed by atoms with Crippen LogP contribution in [0.25, 0.3) is 0 Å². The summed E-state index contributed by atoms with van der Waals surface area (Å²) in [6, 6.07) is 1.26. The van der Waals surface area contributed by atoms with Crippen LogP contribution in [0.2, 0.25) is 0 Å². The van der Waals surface area contributed by atoms with E-state index in [1.54, 1.807) is 0 Å². The van der Waals surface area contributed by atoms with Gasteiger partial charge in [-0.25, -0.2) is 0 Å². The maximum atomic E-state index is 5.53. The summed E-state index contributed by atoms with van der Waals surface area (Å²) in [6.45, 7) is 8.59. The normalized spacial score (nSPS) is 24.9. The van der Waals surface area contributed by atoms with Crippen LogP contribution in [0.4, 0.5) is 0 Å². The molecule has 0 spiro atoms. The van der Waals surface area contributed by atoms with Crippen molar-refractivity contribution < 1.29 is 4.74 Å². The Labute approximate surface area is 88.0 Å². The average Bonchev–Trinajstić information content (AvgIpc) is 2.15. The molecule has 3 nitrogen and oxygen atoms in total. The highest BCUT2D eigenvalue weighted by Crippen LogP contribution is 2.13. The predicted octanol–water partition coefficient (Wildman–Crippen LogP) is 1.05. The first-order valence-corrected chi connectivity index (χ1v) is 5.59. The van der Waals surface area contributed by atoms with Crippen molar-refractivity contribution in [3.05, 3.63) is 0 Å². The Morgan fingerprint density at radius 2 is 2.14 bits per heavy atom. The van der Waals surface area contributed by atoms with Crippen LogP contribution in [0.1, 0.15) is 20.3 Å². The third-order valence-electron chi connectivity index (χ3n) is 2.85. The summed E-state index contributed by atoms with van der Waals surface area (Å²) in [5.41, 5.74) is 0. The minimum atomic E-state index is 0.617. The van der Waals surface area contributed by atoms with E-state index in [0.717, 1.165) is 26.3 Å². The molecular formula is C11H24N2O. The maximum absolute atomic E-state index is 5.53. The van der Waals surface area contributed by atoms with Crippen LogP contribution in [-0.2, 0) is 4.74 Å². The van der Waals surface area contributed by atoms with Crippen LogP contribution in [0, 0.1) is 0 Å². The largest absolute Gasteiger partial charge is 0.378 e. The van der Waals surface area contributed by atoms with E-state index in [-0.39, 0.29) is 0 Å². The molecule has 0 saturated carbocycles. The van der Waals surface area contributed by atoms with Crippen LogP contribution in [0.15, 0.2) is 0 Å². The molecule has 0 aromatic rings. The van der Waals surface area contributed by atoms with Gasteiger partial charge in [-0.05, 0) is 40.9 Å². The molecule has 1 aliphatic rings. The molecule has 3 heteroatoms. The molecule has 0 bridgehead atoms. The van der Waals surface area contributed by atoms with E-state index >= 15 is 0 Å². The Balaban J connectivity index is 2.38. The summed E-state index contributed by atoms with van der Waals surface area (Å²) < 4.78 is 5.53. The number of nitrogens with zero attached hydrogens (tertiary/aromatic N) is 2. The Morgan fingerprint density at radius 3 is 2.71 bits per heavy atom. The lowest BCUT2D eigenvalue weighted by molar-refractivity contribution is -0.0266. The van der Waals surface area contributed by atoms with Gasteiger partial charge in [0, 0.05) is 18.6 Å². The van der Waals surface area contributed by atoms with E-state index in [2.05, 4.69) is 37.7 Å². The van der Waals surface area contributed by atoms with Gasteiger partial charge in [0.2, 0.25) is 0 Å². The van der Waals surface area contributed by atoms with Gasteiger partial charge in [0.15, 0.2) is 0 Å². The zero-order chi connectivity index (χ0) is 10.6. The van der Waals surface area contributed by atoms with E-state index in [0.29, 0.717) is 12.1 Å². The fourth-order valence-corrected chi connectivity index (χ4v) is 2.00. The summed E-state index contributed by atoms with van der Waals surface area (Å²) in [7, 11) is 4.26. The number of hydrogen-bond acceptors (Lipinski definition) is 3. The first-order chi connectivity index (χ1) is 6.61. The predicted molar refractivity (Wildman–Crippen MR) is 59.6 cm³/mol. The van der Waals surface area contributed by atoms with Gasteiger partial charge in [0.25, 0.3) is 0 Å². The number of hydrogen-bond donors (Lipinski definition) is 0. The molecule has 0 amide bonds. The highest BCUT2D eigenvalue weighted by atomic mass is 16.5. The minimum absolute atomic E-state index is 0.617. The van der Waals surface area contributed by atoms with Crippen LogP contribution < -0.4 is 0 Å². The second-order valence-corrected chi connectivity index (χ2v) is 4.65. The minimum Gasteiger partial charge on any atom is -0.378 e. The average molecular weight is 200 g/mol. The van der Waals surface area contributed by atoms with Crippen LogP contribution in [0.5, 0.6) is 0 Å². The van der Waals surface area contributed by atoms with E-state index < -0.39 is 0 Å². The van der Waals surface area contributed by atoms with Crippen molar-refractivity contribution in [2.45, 2.75) is 32.4 Å². The lowest BCUT2D eigenvalue weighted by atomic mass is 10.1. The number of rotatable bonds is 4. The molecule has 84 valence electrons. The molecule has 1 fully saturated rings. The maximum Gasteiger partial charge on any atom is 0.0623 e. The second kappa shape index (κ2) is 5.69. The van der Waals surface area contributed by atoms with Gasteiger partial charge in [0.1, 0.15) is 0 Å². The van der Waals surface area contributed by atoms with E-state index in [1.165, 1.54) is 6.42 Å². The van der Waals surface area contributed by atoms with Gasteiger partial charge < -0.3 is 9.64 Å². The third-order valence-corrected chi connectivity index (χ3v) is 2.85. The fourth-order valence-electron chi connectivity index (χ4n) is 2.00. The highest BCUT2D eigenvalue weighted by molar-refractivity contribution is 4.78. The van der Waals surface area contributed by atoms with E-state index in [1.807, 2.05) is 0 Å². The van der Waals surface area contributed by atoms with Crippen molar-refractivity contribution in [3.63, 3.8) is 0 Å². The van der Waals surface area contributed by atoms with Crippen molar-refractivity contribution in [2.75, 3.05) is 40.4 Å². The lowest BCUT2D eigenvalue weighted by Crippen LogP contribution is -2.49. The molecule has 1 aliphatic heterocycles. The Bertz CT molecular complexity index is 159. The molecular weight excluding hydrogens is 176 g/mol. The van der Waals surface area contributed by atoms with Crippen LogP contribution in [0.3, 0.4) is 0 Å². The molecule has 1 rings (SSSR count). The molecule has 0 N–H and O–H groups in total. The summed E-state index contributed by atoms with van der Waals surface area (Å²) in [4.78, 5) is 4.81. The molecule has 1 atom stereocenters. The van der Waals surface area contributed by atoms with Crippen LogP contribution >= 0.6 is 0 Å². The molecule has 14 heavy (non-hydrogen) atoms. The smallest absolute Gasteiger partial charge is 0.0623 e. The van der Waals surface area contributed by atoms with Gasteiger partial charge in [-0.1, -0.05) is 0 Å². The molecule has 1 heterocycles. The summed E-state index contributed by atoms with van der Waals surface area (Å²) in [5, 5.41) is 0. The fraction of sp³-hybridized carbons (Fsp3) is 1.00. The third kappa shape index (κ3) is 3.56. The summed E-state index contributed by atoms with van der Waals surface area (Å²) in [5.74, 6) is 0. The quantitative estimate of drug-likeness (QED) is 0.674. The summed E-state index contributed by atoms with van der Waals surface area (Å²) in [6.07, 6.45) is 1.21. The van der Waals surface area contributed by atoms with Gasteiger partial charge in [0.05, 0.1) is 13.2 Å². The number of ether oxygens (including phenoxy) is 1. The molecule has 0 unspecified atom stereocenters. The van der Waals surface area contributed by atoms with Gasteiger partial charge in [-0.3, -0.25) is 4.90 Å². The lowest BCUT2D eigenvalue weighted by Gasteiger charge is -2.38.